The molecule has 0 unspecified atom stereocenters. The first-order valence-electron chi connectivity index (χ1n) is 31.4. The Labute approximate surface area is 431 Å². The SMILES string of the molecule is CCCCCCCCCCCCCCCCCC(=O)OC[C@@H](COC(=O)CCCCCCCCCCCCCCCCCCCCC(C)C)OC(=O)CCCCCCCCCCCCCCCCC. The van der Waals surface area contributed by atoms with Crippen LogP contribution in [0.15, 0.2) is 0 Å². The summed E-state index contributed by atoms with van der Waals surface area (Å²) in [5.41, 5.74) is 0. The molecular weight excluding hydrogens is 853 g/mol. The van der Waals surface area contributed by atoms with Crippen molar-refractivity contribution in [1.82, 2.24) is 0 Å². The lowest BCUT2D eigenvalue weighted by atomic mass is 10.0. The molecule has 0 aromatic heterocycles. The van der Waals surface area contributed by atoms with Gasteiger partial charge in [0.1, 0.15) is 13.2 Å². The number of carbonyl (C=O) groups excluding carboxylic acids is 3. The third-order valence-corrected chi connectivity index (χ3v) is 14.5. The van der Waals surface area contributed by atoms with Crippen LogP contribution in [0, 0.1) is 5.92 Å². The average Bonchev–Trinajstić information content (AvgIpc) is 3.34. The molecule has 0 rings (SSSR count). The third-order valence-electron chi connectivity index (χ3n) is 14.5. The second-order valence-corrected chi connectivity index (χ2v) is 22.2. The highest BCUT2D eigenvalue weighted by molar-refractivity contribution is 5.71. The molecule has 0 saturated carbocycles. The van der Waals surface area contributed by atoms with Crippen LogP contribution < -0.4 is 0 Å². The lowest BCUT2D eigenvalue weighted by molar-refractivity contribution is -0.167. The largest absolute Gasteiger partial charge is 0.462 e. The maximum atomic E-state index is 12.9. The Kier molecular flexibility index (Phi) is 56.0. The molecule has 0 aliphatic rings. The first-order chi connectivity index (χ1) is 33.9. The molecule has 0 aliphatic carbocycles. The van der Waals surface area contributed by atoms with Crippen molar-refractivity contribution in [2.75, 3.05) is 13.2 Å². The summed E-state index contributed by atoms with van der Waals surface area (Å²) < 4.78 is 16.9. The second kappa shape index (κ2) is 57.3. The number of unbranched alkanes of at least 4 members (excludes halogenated alkanes) is 45. The topological polar surface area (TPSA) is 78.9 Å². The molecule has 0 amide bonds. The highest BCUT2D eigenvalue weighted by atomic mass is 16.6. The van der Waals surface area contributed by atoms with E-state index < -0.39 is 6.10 Å². The van der Waals surface area contributed by atoms with Crippen LogP contribution in [0.2, 0.25) is 0 Å². The maximum absolute atomic E-state index is 12.9. The normalized spacial score (nSPS) is 12.0. The predicted octanol–water partition coefficient (Wildman–Crippen LogP) is 21.0. The number of carbonyl (C=O) groups is 3. The molecule has 0 radical (unpaired) electrons. The van der Waals surface area contributed by atoms with Crippen molar-refractivity contribution in [2.45, 2.75) is 368 Å². The average molecular weight is 976 g/mol. The molecule has 1 atom stereocenters. The highest BCUT2D eigenvalue weighted by Gasteiger charge is 2.19. The fourth-order valence-corrected chi connectivity index (χ4v) is 9.81. The minimum Gasteiger partial charge on any atom is -0.462 e. The number of rotatable bonds is 58. The zero-order chi connectivity index (χ0) is 50.2. The molecule has 0 N–H and O–H groups in total. The van der Waals surface area contributed by atoms with E-state index in [-0.39, 0.29) is 31.1 Å². The Bertz CT molecular complexity index is 1040. The standard InChI is InChI=1S/C63H122O6/c1-5-7-9-11-13-15-17-19-25-30-34-38-42-46-50-54-61(64)67-57-60(69-63(66)56-52-48-44-40-36-32-26-20-18-16-14-12-10-8-6-2)58-68-62(65)55-51-47-43-39-35-31-28-24-22-21-23-27-29-33-37-41-45-49-53-59(3)4/h59-60H,5-58H2,1-4H3/t60-/m0/s1. The second-order valence-electron chi connectivity index (χ2n) is 22.2. The number of ether oxygens (including phenoxy) is 3. The van der Waals surface area contributed by atoms with Crippen molar-refractivity contribution >= 4 is 17.9 Å². The van der Waals surface area contributed by atoms with Crippen LogP contribution in [0.3, 0.4) is 0 Å². The van der Waals surface area contributed by atoms with Gasteiger partial charge in [-0.25, -0.2) is 0 Å². The fraction of sp³-hybridized carbons (Fsp3) is 0.952. The summed E-state index contributed by atoms with van der Waals surface area (Å²) >= 11 is 0. The molecule has 6 heteroatoms. The fourth-order valence-electron chi connectivity index (χ4n) is 9.81. The van der Waals surface area contributed by atoms with Gasteiger partial charge < -0.3 is 14.2 Å². The van der Waals surface area contributed by atoms with E-state index in [2.05, 4.69) is 27.7 Å². The Morgan fingerprint density at radius 2 is 0.478 bits per heavy atom. The predicted molar refractivity (Wildman–Crippen MR) is 298 cm³/mol. The van der Waals surface area contributed by atoms with Crippen LogP contribution in [0.5, 0.6) is 0 Å². The van der Waals surface area contributed by atoms with Gasteiger partial charge in [-0.3, -0.25) is 14.4 Å². The first kappa shape index (κ1) is 67.4. The minimum absolute atomic E-state index is 0.0612. The van der Waals surface area contributed by atoms with Gasteiger partial charge in [-0.05, 0) is 25.2 Å². The van der Waals surface area contributed by atoms with Gasteiger partial charge in [-0.1, -0.05) is 323 Å². The molecule has 0 spiro atoms. The molecular formula is C63H122O6. The lowest BCUT2D eigenvalue weighted by Crippen LogP contribution is -2.30. The van der Waals surface area contributed by atoms with E-state index in [0.717, 1.165) is 63.7 Å². The summed E-state index contributed by atoms with van der Waals surface area (Å²) in [4.78, 5) is 38.2. The number of hydrogen-bond donors (Lipinski definition) is 0. The summed E-state index contributed by atoms with van der Waals surface area (Å²) in [5.74, 6) is 0.0308. The summed E-state index contributed by atoms with van der Waals surface area (Å²) in [7, 11) is 0. The van der Waals surface area contributed by atoms with Crippen molar-refractivity contribution in [3.63, 3.8) is 0 Å². The molecule has 69 heavy (non-hydrogen) atoms. The van der Waals surface area contributed by atoms with E-state index in [0.29, 0.717) is 19.3 Å². The Hall–Kier alpha value is -1.59. The van der Waals surface area contributed by atoms with Crippen molar-refractivity contribution in [2.24, 2.45) is 5.92 Å². The summed E-state index contributed by atoms with van der Waals surface area (Å²) in [5, 5.41) is 0. The highest BCUT2D eigenvalue weighted by Crippen LogP contribution is 2.19. The van der Waals surface area contributed by atoms with Crippen molar-refractivity contribution in [3.8, 4) is 0 Å². The van der Waals surface area contributed by atoms with E-state index in [1.54, 1.807) is 0 Å². The van der Waals surface area contributed by atoms with Gasteiger partial charge in [0.2, 0.25) is 0 Å². The zero-order valence-corrected chi connectivity index (χ0v) is 47.3. The zero-order valence-electron chi connectivity index (χ0n) is 47.3. The Morgan fingerprint density at radius 3 is 0.710 bits per heavy atom. The van der Waals surface area contributed by atoms with Gasteiger partial charge in [0, 0.05) is 19.3 Å². The molecule has 0 aromatic rings. The maximum Gasteiger partial charge on any atom is 0.306 e. The summed E-state index contributed by atoms with van der Waals surface area (Å²) in [6.45, 7) is 9.10. The van der Waals surface area contributed by atoms with Crippen molar-refractivity contribution in [3.05, 3.63) is 0 Å². The smallest absolute Gasteiger partial charge is 0.306 e. The van der Waals surface area contributed by atoms with E-state index >= 15 is 0 Å². The molecule has 0 aromatic carbocycles. The summed E-state index contributed by atoms with van der Waals surface area (Å²) in [6.07, 6.45) is 63.9. The number of esters is 3. The molecule has 0 heterocycles. The van der Waals surface area contributed by atoms with Gasteiger partial charge in [-0.15, -0.1) is 0 Å². The van der Waals surface area contributed by atoms with Crippen molar-refractivity contribution in [1.29, 1.82) is 0 Å². The molecule has 0 saturated heterocycles. The molecule has 0 fully saturated rings. The van der Waals surface area contributed by atoms with Gasteiger partial charge in [0.15, 0.2) is 6.10 Å². The Balaban J connectivity index is 4.25. The van der Waals surface area contributed by atoms with Crippen LogP contribution in [0.25, 0.3) is 0 Å². The Morgan fingerprint density at radius 1 is 0.275 bits per heavy atom. The van der Waals surface area contributed by atoms with E-state index in [1.807, 2.05) is 0 Å². The van der Waals surface area contributed by atoms with Crippen molar-refractivity contribution < 1.29 is 28.6 Å². The van der Waals surface area contributed by atoms with Gasteiger partial charge in [0.25, 0.3) is 0 Å². The quantitative estimate of drug-likeness (QED) is 0.0343. The number of hydrogen-bond acceptors (Lipinski definition) is 6. The van der Waals surface area contributed by atoms with Crippen LogP contribution >= 0.6 is 0 Å². The molecule has 0 aliphatic heterocycles. The van der Waals surface area contributed by atoms with E-state index in [1.165, 1.54) is 257 Å². The summed E-state index contributed by atoms with van der Waals surface area (Å²) in [6, 6.07) is 0. The van der Waals surface area contributed by atoms with Crippen LogP contribution in [-0.2, 0) is 28.6 Å². The molecule has 410 valence electrons. The van der Waals surface area contributed by atoms with E-state index in [4.69, 9.17) is 14.2 Å². The van der Waals surface area contributed by atoms with Crippen LogP contribution in [0.1, 0.15) is 362 Å². The minimum atomic E-state index is -0.762. The molecule has 6 nitrogen and oxygen atoms in total. The monoisotopic (exact) mass is 975 g/mol. The van der Waals surface area contributed by atoms with E-state index in [9.17, 15) is 14.4 Å². The van der Waals surface area contributed by atoms with Crippen LogP contribution in [0.4, 0.5) is 0 Å². The van der Waals surface area contributed by atoms with Gasteiger partial charge in [0.05, 0.1) is 0 Å². The van der Waals surface area contributed by atoms with Gasteiger partial charge in [-0.2, -0.15) is 0 Å². The first-order valence-corrected chi connectivity index (χ1v) is 31.4. The molecule has 0 bridgehead atoms. The lowest BCUT2D eigenvalue weighted by Gasteiger charge is -2.18. The third kappa shape index (κ3) is 57.2. The van der Waals surface area contributed by atoms with Crippen LogP contribution in [-0.4, -0.2) is 37.2 Å². The van der Waals surface area contributed by atoms with Gasteiger partial charge >= 0.3 is 17.9 Å².